The van der Waals surface area contributed by atoms with Crippen molar-refractivity contribution in [2.75, 3.05) is 40.5 Å². The molecule has 0 aromatic heterocycles. The van der Waals surface area contributed by atoms with E-state index >= 15 is 0 Å². The normalized spacial score (nSPS) is 33.4. The van der Waals surface area contributed by atoms with Gasteiger partial charge in [-0.2, -0.15) is 0 Å². The van der Waals surface area contributed by atoms with Gasteiger partial charge in [0.1, 0.15) is 5.75 Å². The van der Waals surface area contributed by atoms with E-state index in [2.05, 4.69) is 21.9 Å². The van der Waals surface area contributed by atoms with Gasteiger partial charge in [-0.1, -0.05) is 12.1 Å². The van der Waals surface area contributed by atoms with Crippen LogP contribution >= 0.6 is 0 Å². The lowest BCUT2D eigenvalue weighted by Crippen LogP contribution is -2.60. The Labute approximate surface area is 149 Å². The number of ether oxygens (including phenoxy) is 2. The summed E-state index contributed by atoms with van der Waals surface area (Å²) in [5.41, 5.74) is 1.32. The van der Waals surface area contributed by atoms with Gasteiger partial charge >= 0.3 is 0 Å². The molecule has 1 amide bonds. The summed E-state index contributed by atoms with van der Waals surface area (Å²) in [5.74, 6) is 2.19. The van der Waals surface area contributed by atoms with Crippen LogP contribution in [0.3, 0.4) is 0 Å². The third kappa shape index (κ3) is 2.93. The molecule has 1 aromatic carbocycles. The van der Waals surface area contributed by atoms with Gasteiger partial charge in [0.2, 0.25) is 5.91 Å². The SMILES string of the molecule is COCCC(=O)N1C[C@@H](c2ccc(OC)cc2)[C@@H]2[C@H]1C1CCN2CC1. The molecule has 0 unspecified atom stereocenters. The molecule has 5 nitrogen and oxygen atoms in total. The van der Waals surface area contributed by atoms with Crippen molar-refractivity contribution in [1.82, 2.24) is 9.80 Å². The molecule has 136 valence electrons. The predicted molar refractivity (Wildman–Crippen MR) is 95.8 cm³/mol. The number of likely N-dealkylation sites (tertiary alicyclic amines) is 1. The van der Waals surface area contributed by atoms with E-state index in [0.29, 0.717) is 36.9 Å². The minimum atomic E-state index is 0.251. The Morgan fingerprint density at radius 2 is 1.84 bits per heavy atom. The largest absolute Gasteiger partial charge is 0.497 e. The van der Waals surface area contributed by atoms with Crippen LogP contribution in [0.25, 0.3) is 0 Å². The standard InChI is InChI=1S/C20H28N2O3/c1-24-12-9-18(23)22-13-17(14-3-5-16(25-2)6-4-14)20-19(22)15-7-10-21(20)11-8-15/h3-6,15,17,19-20H,7-13H2,1-2H3/t17-,19+,20+/m0/s1. The van der Waals surface area contributed by atoms with Gasteiger partial charge in [0.25, 0.3) is 0 Å². The summed E-state index contributed by atoms with van der Waals surface area (Å²) in [5, 5.41) is 0. The Hall–Kier alpha value is -1.59. The van der Waals surface area contributed by atoms with Crippen LogP contribution in [0.15, 0.2) is 24.3 Å². The first-order valence-electron chi connectivity index (χ1n) is 9.39. The minimum absolute atomic E-state index is 0.251. The summed E-state index contributed by atoms with van der Waals surface area (Å²) in [7, 11) is 3.36. The number of rotatable bonds is 5. The number of hydrogen-bond donors (Lipinski definition) is 0. The summed E-state index contributed by atoms with van der Waals surface area (Å²) in [6.07, 6.45) is 2.94. The molecule has 3 atom stereocenters. The van der Waals surface area contributed by atoms with Gasteiger partial charge in [-0.05, 0) is 49.5 Å². The molecule has 4 saturated heterocycles. The van der Waals surface area contributed by atoms with E-state index in [1.807, 2.05) is 12.1 Å². The predicted octanol–water partition coefficient (Wildman–Crippen LogP) is 2.12. The Morgan fingerprint density at radius 3 is 2.48 bits per heavy atom. The number of nitrogens with zero attached hydrogens (tertiary/aromatic N) is 2. The number of hydrogen-bond acceptors (Lipinski definition) is 4. The van der Waals surface area contributed by atoms with Crippen LogP contribution in [-0.2, 0) is 9.53 Å². The number of carbonyl (C=O) groups is 1. The first-order chi connectivity index (χ1) is 12.2. The molecule has 0 spiro atoms. The molecule has 4 aliphatic rings. The van der Waals surface area contributed by atoms with Crippen molar-refractivity contribution in [1.29, 1.82) is 0 Å². The molecule has 0 saturated carbocycles. The number of amides is 1. The third-order valence-corrected chi connectivity index (χ3v) is 6.38. The minimum Gasteiger partial charge on any atom is -0.497 e. The third-order valence-electron chi connectivity index (χ3n) is 6.38. The molecule has 4 heterocycles. The highest BCUT2D eigenvalue weighted by molar-refractivity contribution is 5.77. The lowest BCUT2D eigenvalue weighted by Gasteiger charge is -2.51. The van der Waals surface area contributed by atoms with Crippen LogP contribution in [0, 0.1) is 5.92 Å². The maximum atomic E-state index is 12.8. The van der Waals surface area contributed by atoms with E-state index in [0.717, 1.165) is 12.3 Å². The summed E-state index contributed by atoms with van der Waals surface area (Å²) < 4.78 is 10.4. The van der Waals surface area contributed by atoms with Crippen molar-refractivity contribution in [3.8, 4) is 5.75 Å². The zero-order valence-corrected chi connectivity index (χ0v) is 15.2. The van der Waals surface area contributed by atoms with Crippen molar-refractivity contribution >= 4 is 5.91 Å². The second-order valence-corrected chi connectivity index (χ2v) is 7.52. The van der Waals surface area contributed by atoms with Crippen LogP contribution in [0.2, 0.25) is 0 Å². The molecule has 5 heteroatoms. The fourth-order valence-corrected chi connectivity index (χ4v) is 5.18. The number of fused-ring (bicyclic) bond motifs is 2. The Balaban J connectivity index is 1.62. The first kappa shape index (κ1) is 16.9. The Morgan fingerprint density at radius 1 is 1.12 bits per heavy atom. The van der Waals surface area contributed by atoms with E-state index < -0.39 is 0 Å². The molecule has 0 radical (unpaired) electrons. The lowest BCUT2D eigenvalue weighted by atomic mass is 9.75. The van der Waals surface area contributed by atoms with Gasteiger partial charge in [0.05, 0.1) is 26.2 Å². The maximum absolute atomic E-state index is 12.8. The second-order valence-electron chi connectivity index (χ2n) is 7.52. The quantitative estimate of drug-likeness (QED) is 0.821. The smallest absolute Gasteiger partial charge is 0.225 e. The number of piperidine rings is 3. The average molecular weight is 344 g/mol. The molecule has 4 fully saturated rings. The summed E-state index contributed by atoms with van der Waals surface area (Å²) in [4.78, 5) is 17.6. The molecule has 5 rings (SSSR count). The van der Waals surface area contributed by atoms with Gasteiger partial charge in [-0.3, -0.25) is 9.69 Å². The second kappa shape index (κ2) is 6.96. The van der Waals surface area contributed by atoms with Crippen LogP contribution in [0.5, 0.6) is 5.75 Å². The number of benzene rings is 1. The van der Waals surface area contributed by atoms with E-state index in [4.69, 9.17) is 9.47 Å². The molecule has 1 aromatic rings. The molecule has 0 N–H and O–H groups in total. The van der Waals surface area contributed by atoms with Crippen molar-refractivity contribution in [3.63, 3.8) is 0 Å². The van der Waals surface area contributed by atoms with E-state index in [-0.39, 0.29) is 5.91 Å². The van der Waals surface area contributed by atoms with Gasteiger partial charge < -0.3 is 14.4 Å². The van der Waals surface area contributed by atoms with Gasteiger partial charge in [0, 0.05) is 25.6 Å². The highest BCUT2D eigenvalue weighted by Gasteiger charge is 2.54. The van der Waals surface area contributed by atoms with Crippen LogP contribution in [0.4, 0.5) is 0 Å². The zero-order chi connectivity index (χ0) is 17.4. The van der Waals surface area contributed by atoms with Gasteiger partial charge in [-0.25, -0.2) is 0 Å². The number of methoxy groups -OCH3 is 2. The van der Waals surface area contributed by atoms with Gasteiger partial charge in [0.15, 0.2) is 0 Å². The van der Waals surface area contributed by atoms with Gasteiger partial charge in [-0.15, -0.1) is 0 Å². The fourth-order valence-electron chi connectivity index (χ4n) is 5.18. The Kier molecular flexibility index (Phi) is 4.69. The summed E-state index contributed by atoms with van der Waals surface area (Å²) >= 11 is 0. The molecular formula is C20H28N2O3. The molecular weight excluding hydrogens is 316 g/mol. The van der Waals surface area contributed by atoms with Crippen molar-refractivity contribution < 1.29 is 14.3 Å². The monoisotopic (exact) mass is 344 g/mol. The number of carbonyl (C=O) groups excluding carboxylic acids is 1. The lowest BCUT2D eigenvalue weighted by molar-refractivity contribution is -0.136. The van der Waals surface area contributed by atoms with E-state index in [1.165, 1.54) is 31.5 Å². The van der Waals surface area contributed by atoms with Crippen molar-refractivity contribution in [3.05, 3.63) is 29.8 Å². The zero-order valence-electron chi connectivity index (χ0n) is 15.2. The summed E-state index contributed by atoms with van der Waals surface area (Å²) in [6, 6.07) is 9.26. The van der Waals surface area contributed by atoms with Crippen LogP contribution < -0.4 is 4.74 Å². The van der Waals surface area contributed by atoms with E-state index in [9.17, 15) is 4.79 Å². The topological polar surface area (TPSA) is 42.0 Å². The molecule has 4 aliphatic heterocycles. The van der Waals surface area contributed by atoms with Crippen molar-refractivity contribution in [2.24, 2.45) is 5.92 Å². The molecule has 0 aliphatic carbocycles. The van der Waals surface area contributed by atoms with Crippen LogP contribution in [0.1, 0.15) is 30.7 Å². The molecule has 25 heavy (non-hydrogen) atoms. The Bertz CT molecular complexity index is 610. The maximum Gasteiger partial charge on any atom is 0.225 e. The highest BCUT2D eigenvalue weighted by atomic mass is 16.5. The first-order valence-corrected chi connectivity index (χ1v) is 9.39. The van der Waals surface area contributed by atoms with E-state index in [1.54, 1.807) is 14.2 Å². The molecule has 2 bridgehead atoms. The average Bonchev–Trinajstić information content (AvgIpc) is 3.10. The van der Waals surface area contributed by atoms with Crippen LogP contribution in [-0.4, -0.2) is 68.3 Å². The van der Waals surface area contributed by atoms with Crippen molar-refractivity contribution in [2.45, 2.75) is 37.3 Å². The fraction of sp³-hybridized carbons (Fsp3) is 0.650. The summed E-state index contributed by atoms with van der Waals surface area (Å²) in [6.45, 7) is 3.70. The highest BCUT2D eigenvalue weighted by Crippen LogP contribution is 2.46.